The zero-order valence-electron chi connectivity index (χ0n) is 15.6. The number of carbonyl (C=O) groups is 1. The van der Waals surface area contributed by atoms with Crippen LogP contribution < -0.4 is 0 Å². The lowest BCUT2D eigenvalue weighted by molar-refractivity contribution is 0.0395. The summed E-state index contributed by atoms with van der Waals surface area (Å²) in [6, 6.07) is 3.11. The van der Waals surface area contributed by atoms with Gasteiger partial charge in [0.1, 0.15) is 0 Å². The van der Waals surface area contributed by atoms with Gasteiger partial charge < -0.3 is 4.74 Å². The van der Waals surface area contributed by atoms with Crippen molar-refractivity contribution in [1.29, 1.82) is 0 Å². The van der Waals surface area contributed by atoms with Gasteiger partial charge in [-0.1, -0.05) is 19.1 Å². The SMILES string of the molecule is Cc1cc(C(=O)OCC2CC=CCC2C)cc(S(=O)(=O)N(C)C)c1C. The molecular weight excluding hydrogens is 338 g/mol. The third-order valence-corrected chi connectivity index (χ3v) is 6.90. The van der Waals surface area contributed by atoms with Crippen LogP contribution in [0.5, 0.6) is 0 Å². The van der Waals surface area contributed by atoms with Gasteiger partial charge in [-0.15, -0.1) is 0 Å². The van der Waals surface area contributed by atoms with Crippen molar-refractivity contribution in [2.75, 3.05) is 20.7 Å². The minimum absolute atomic E-state index is 0.151. The second-order valence-electron chi connectivity index (χ2n) is 6.98. The smallest absolute Gasteiger partial charge is 0.338 e. The first-order valence-electron chi connectivity index (χ1n) is 8.50. The molecule has 1 aliphatic carbocycles. The molecule has 2 atom stereocenters. The predicted molar refractivity (Wildman–Crippen MR) is 98.1 cm³/mol. The average molecular weight is 365 g/mol. The summed E-state index contributed by atoms with van der Waals surface area (Å²) in [6.07, 6.45) is 6.18. The summed E-state index contributed by atoms with van der Waals surface area (Å²) >= 11 is 0. The summed E-state index contributed by atoms with van der Waals surface area (Å²) in [4.78, 5) is 12.6. The molecule has 1 aromatic rings. The minimum atomic E-state index is -3.61. The molecule has 6 heteroatoms. The summed E-state index contributed by atoms with van der Waals surface area (Å²) in [6.45, 7) is 6.05. The summed E-state index contributed by atoms with van der Waals surface area (Å²) in [7, 11) is -0.655. The van der Waals surface area contributed by atoms with Crippen LogP contribution in [0.3, 0.4) is 0 Å². The van der Waals surface area contributed by atoms with Crippen LogP contribution in [0, 0.1) is 25.7 Å². The number of rotatable bonds is 5. The van der Waals surface area contributed by atoms with Crippen LogP contribution in [0.25, 0.3) is 0 Å². The number of nitrogens with zero attached hydrogens (tertiary/aromatic N) is 1. The summed E-state index contributed by atoms with van der Waals surface area (Å²) in [5, 5.41) is 0. The minimum Gasteiger partial charge on any atom is -0.462 e. The lowest BCUT2D eigenvalue weighted by atomic mass is 9.85. The summed E-state index contributed by atoms with van der Waals surface area (Å²) in [5.74, 6) is 0.313. The van der Waals surface area contributed by atoms with Gasteiger partial charge in [-0.3, -0.25) is 0 Å². The van der Waals surface area contributed by atoms with Gasteiger partial charge in [0.25, 0.3) is 0 Å². The Labute approximate surface area is 150 Å². The normalized spacial score (nSPS) is 20.7. The van der Waals surface area contributed by atoms with Crippen molar-refractivity contribution in [2.45, 2.75) is 38.5 Å². The highest BCUT2D eigenvalue weighted by molar-refractivity contribution is 7.89. The number of carbonyl (C=O) groups excluding carboxylic acids is 1. The molecule has 5 nitrogen and oxygen atoms in total. The summed E-state index contributed by atoms with van der Waals surface area (Å²) in [5.41, 5.74) is 1.68. The molecule has 0 aromatic heterocycles. The van der Waals surface area contributed by atoms with E-state index in [4.69, 9.17) is 4.74 Å². The Morgan fingerprint density at radius 1 is 1.20 bits per heavy atom. The number of ether oxygens (including phenoxy) is 1. The van der Waals surface area contributed by atoms with Gasteiger partial charge in [0.15, 0.2) is 0 Å². The average Bonchev–Trinajstić information content (AvgIpc) is 2.55. The van der Waals surface area contributed by atoms with Gasteiger partial charge in [0.05, 0.1) is 17.1 Å². The number of esters is 1. The Bertz CT molecular complexity index is 781. The third-order valence-electron chi connectivity index (χ3n) is 4.96. The second-order valence-corrected chi connectivity index (χ2v) is 9.10. The predicted octanol–water partition coefficient (Wildman–Crippen LogP) is 3.31. The molecular formula is C19H27NO4S. The Kier molecular flexibility index (Phi) is 6.06. The maximum absolute atomic E-state index is 12.5. The van der Waals surface area contributed by atoms with E-state index >= 15 is 0 Å². The van der Waals surface area contributed by atoms with E-state index in [-0.39, 0.29) is 10.5 Å². The molecule has 138 valence electrons. The Hall–Kier alpha value is -1.66. The van der Waals surface area contributed by atoms with Gasteiger partial charge in [-0.2, -0.15) is 0 Å². The Morgan fingerprint density at radius 2 is 1.84 bits per heavy atom. The molecule has 2 unspecified atom stereocenters. The van der Waals surface area contributed by atoms with E-state index < -0.39 is 16.0 Å². The molecule has 0 spiro atoms. The number of allylic oxidation sites excluding steroid dienone is 2. The number of benzene rings is 1. The molecule has 0 aliphatic heterocycles. The highest BCUT2D eigenvalue weighted by atomic mass is 32.2. The first-order valence-corrected chi connectivity index (χ1v) is 9.94. The fourth-order valence-electron chi connectivity index (χ4n) is 2.91. The van der Waals surface area contributed by atoms with Crippen molar-refractivity contribution >= 4 is 16.0 Å². The van der Waals surface area contributed by atoms with Crippen LogP contribution in [-0.4, -0.2) is 39.4 Å². The van der Waals surface area contributed by atoms with Gasteiger partial charge in [0.2, 0.25) is 10.0 Å². The van der Waals surface area contributed by atoms with E-state index in [1.165, 1.54) is 20.2 Å². The number of hydrogen-bond donors (Lipinski definition) is 0. The first kappa shape index (κ1) is 19.7. The molecule has 0 amide bonds. The zero-order chi connectivity index (χ0) is 18.8. The Balaban J connectivity index is 2.23. The molecule has 0 radical (unpaired) electrons. The quantitative estimate of drug-likeness (QED) is 0.593. The molecule has 1 aliphatic rings. The van der Waals surface area contributed by atoms with Crippen molar-refractivity contribution in [3.63, 3.8) is 0 Å². The van der Waals surface area contributed by atoms with Crippen LogP contribution in [0.2, 0.25) is 0 Å². The number of aryl methyl sites for hydroxylation is 1. The lowest BCUT2D eigenvalue weighted by Gasteiger charge is -2.24. The van der Waals surface area contributed by atoms with Crippen molar-refractivity contribution < 1.29 is 17.9 Å². The largest absolute Gasteiger partial charge is 0.462 e. The molecule has 1 aromatic carbocycles. The molecule has 0 heterocycles. The van der Waals surface area contributed by atoms with Gasteiger partial charge >= 0.3 is 5.97 Å². The maximum atomic E-state index is 12.5. The van der Waals surface area contributed by atoms with Gasteiger partial charge in [0, 0.05) is 14.1 Å². The monoisotopic (exact) mass is 365 g/mol. The third kappa shape index (κ3) is 4.30. The maximum Gasteiger partial charge on any atom is 0.338 e. The first-order chi connectivity index (χ1) is 11.6. The fraction of sp³-hybridized carbons (Fsp3) is 0.526. The topological polar surface area (TPSA) is 63.7 Å². The van der Waals surface area contributed by atoms with E-state index in [0.29, 0.717) is 24.0 Å². The second kappa shape index (κ2) is 7.70. The van der Waals surface area contributed by atoms with Crippen molar-refractivity contribution in [1.82, 2.24) is 4.31 Å². The van der Waals surface area contributed by atoms with Crippen LogP contribution in [0.15, 0.2) is 29.2 Å². The Morgan fingerprint density at radius 3 is 2.44 bits per heavy atom. The molecule has 0 saturated heterocycles. The van der Waals surface area contributed by atoms with Crippen molar-refractivity contribution in [3.05, 3.63) is 41.0 Å². The van der Waals surface area contributed by atoms with E-state index in [2.05, 4.69) is 19.1 Å². The molecule has 0 saturated carbocycles. The number of sulfonamides is 1. The summed E-state index contributed by atoms with van der Waals surface area (Å²) < 4.78 is 31.6. The lowest BCUT2D eigenvalue weighted by Crippen LogP contribution is -2.24. The highest BCUT2D eigenvalue weighted by Gasteiger charge is 2.24. The molecule has 0 fully saturated rings. The van der Waals surface area contributed by atoms with E-state index in [0.717, 1.165) is 22.7 Å². The molecule has 2 rings (SSSR count). The molecule has 0 bridgehead atoms. The fourth-order valence-corrected chi connectivity index (χ4v) is 4.13. The highest BCUT2D eigenvalue weighted by Crippen LogP contribution is 2.27. The standard InChI is InChI=1S/C19H27NO4S/c1-13-8-6-7-9-16(13)12-24-19(21)17-10-14(2)15(3)18(11-17)25(22,23)20(4)5/h6-7,10-11,13,16H,8-9,12H2,1-5H3. The van der Waals surface area contributed by atoms with E-state index in [9.17, 15) is 13.2 Å². The van der Waals surface area contributed by atoms with Crippen molar-refractivity contribution in [2.24, 2.45) is 11.8 Å². The number of hydrogen-bond acceptors (Lipinski definition) is 4. The van der Waals surface area contributed by atoms with Crippen LogP contribution >= 0.6 is 0 Å². The van der Waals surface area contributed by atoms with E-state index in [1.54, 1.807) is 19.9 Å². The van der Waals surface area contributed by atoms with Crippen LogP contribution in [0.1, 0.15) is 41.3 Å². The van der Waals surface area contributed by atoms with Crippen molar-refractivity contribution in [3.8, 4) is 0 Å². The molecule has 25 heavy (non-hydrogen) atoms. The molecule has 0 N–H and O–H groups in total. The van der Waals surface area contributed by atoms with Crippen LogP contribution in [-0.2, 0) is 14.8 Å². The van der Waals surface area contributed by atoms with Crippen LogP contribution in [0.4, 0.5) is 0 Å². The van der Waals surface area contributed by atoms with E-state index in [1.807, 2.05) is 0 Å². The van der Waals surface area contributed by atoms with Gasteiger partial charge in [-0.05, 0) is 61.8 Å². The zero-order valence-corrected chi connectivity index (χ0v) is 16.4. The van der Waals surface area contributed by atoms with Gasteiger partial charge in [-0.25, -0.2) is 17.5 Å².